The van der Waals surface area contributed by atoms with E-state index in [0.717, 1.165) is 17.0 Å². The Bertz CT molecular complexity index is 1470. The van der Waals surface area contributed by atoms with Crippen molar-refractivity contribution in [2.75, 3.05) is 25.0 Å². The first-order valence-electron chi connectivity index (χ1n) is 11.9. The van der Waals surface area contributed by atoms with Crippen molar-refractivity contribution in [3.63, 3.8) is 0 Å². The summed E-state index contributed by atoms with van der Waals surface area (Å²) in [4.78, 5) is 27.2. The lowest BCUT2D eigenvalue weighted by molar-refractivity contribution is -0.139. The molecule has 0 saturated heterocycles. The Kier molecular flexibility index (Phi) is 9.69. The molecule has 2 amide bonds. The van der Waals surface area contributed by atoms with Gasteiger partial charge in [0.1, 0.15) is 18.3 Å². The van der Waals surface area contributed by atoms with Crippen LogP contribution in [0.3, 0.4) is 0 Å². The SMILES string of the molecule is CNC(=O)C(C)N(Cc1cccc(OC)c1)C(=O)CN(c1ccc(Cl)c(C(F)(F)F)c1)S(=O)(=O)c1ccccc1. The first-order chi connectivity index (χ1) is 18.8. The van der Waals surface area contributed by atoms with Crippen molar-refractivity contribution in [1.82, 2.24) is 10.2 Å². The monoisotopic (exact) mass is 597 g/mol. The van der Waals surface area contributed by atoms with Crippen LogP contribution in [0.4, 0.5) is 18.9 Å². The highest BCUT2D eigenvalue weighted by molar-refractivity contribution is 7.92. The third-order valence-corrected chi connectivity index (χ3v) is 8.17. The third kappa shape index (κ3) is 7.05. The standard InChI is InChI=1S/C27H27ClF3N3O5S/c1-18(26(36)32-2)33(16-19-8-7-9-21(14-19)39-3)25(35)17-34(40(37,38)22-10-5-4-6-11-22)20-12-13-24(28)23(15-20)27(29,30)31/h4-15,18H,16-17H2,1-3H3,(H,32,36). The lowest BCUT2D eigenvalue weighted by Crippen LogP contribution is -2.50. The Balaban J connectivity index is 2.11. The van der Waals surface area contributed by atoms with Crippen LogP contribution in [0.2, 0.25) is 5.02 Å². The molecule has 0 saturated carbocycles. The summed E-state index contributed by atoms with van der Waals surface area (Å²) >= 11 is 5.76. The smallest absolute Gasteiger partial charge is 0.417 e. The highest BCUT2D eigenvalue weighted by Crippen LogP contribution is 2.38. The van der Waals surface area contributed by atoms with Gasteiger partial charge in [-0.1, -0.05) is 41.9 Å². The number of halogens is 4. The maximum absolute atomic E-state index is 13.7. The molecule has 1 unspecified atom stereocenters. The zero-order valence-corrected chi connectivity index (χ0v) is 23.3. The molecule has 1 atom stereocenters. The van der Waals surface area contributed by atoms with E-state index in [1.54, 1.807) is 30.3 Å². The number of carbonyl (C=O) groups excluding carboxylic acids is 2. The number of benzene rings is 3. The van der Waals surface area contributed by atoms with E-state index in [1.165, 1.54) is 45.3 Å². The molecule has 0 aromatic heterocycles. The molecule has 1 N–H and O–H groups in total. The molecule has 0 heterocycles. The van der Waals surface area contributed by atoms with Crippen LogP contribution in [-0.2, 0) is 32.3 Å². The summed E-state index contributed by atoms with van der Waals surface area (Å²) in [6.07, 6.45) is -4.88. The Morgan fingerprint density at radius 2 is 1.70 bits per heavy atom. The van der Waals surface area contributed by atoms with E-state index >= 15 is 0 Å². The Labute approximate surface area is 235 Å². The number of amides is 2. The predicted molar refractivity (Wildman–Crippen MR) is 145 cm³/mol. The molecule has 8 nitrogen and oxygen atoms in total. The average Bonchev–Trinajstić information content (AvgIpc) is 2.94. The fourth-order valence-corrected chi connectivity index (χ4v) is 5.54. The summed E-state index contributed by atoms with van der Waals surface area (Å²) in [6.45, 7) is 0.441. The van der Waals surface area contributed by atoms with Crippen LogP contribution >= 0.6 is 11.6 Å². The average molecular weight is 598 g/mol. The second-order valence-electron chi connectivity index (χ2n) is 8.65. The molecule has 0 fully saturated rings. The molecule has 3 aromatic carbocycles. The fourth-order valence-electron chi connectivity index (χ4n) is 3.89. The van der Waals surface area contributed by atoms with Gasteiger partial charge < -0.3 is 15.0 Å². The summed E-state index contributed by atoms with van der Waals surface area (Å²) in [6, 6.07) is 15.2. The van der Waals surface area contributed by atoms with E-state index in [1.807, 2.05) is 0 Å². The van der Waals surface area contributed by atoms with Crippen molar-refractivity contribution in [2.45, 2.75) is 30.6 Å². The van der Waals surface area contributed by atoms with Gasteiger partial charge in [-0.3, -0.25) is 13.9 Å². The van der Waals surface area contributed by atoms with Crippen molar-refractivity contribution in [1.29, 1.82) is 0 Å². The number of rotatable bonds is 10. The first-order valence-corrected chi connectivity index (χ1v) is 13.7. The molecule has 3 aromatic rings. The second-order valence-corrected chi connectivity index (χ2v) is 10.9. The minimum absolute atomic E-state index is 0.113. The van der Waals surface area contributed by atoms with Gasteiger partial charge in [0.2, 0.25) is 11.8 Å². The van der Waals surface area contributed by atoms with Crippen molar-refractivity contribution >= 4 is 39.1 Å². The van der Waals surface area contributed by atoms with Gasteiger partial charge in [0.15, 0.2) is 0 Å². The van der Waals surface area contributed by atoms with Gasteiger partial charge in [0.05, 0.1) is 28.3 Å². The molecule has 0 aliphatic rings. The quantitative estimate of drug-likeness (QED) is 0.365. The number of nitrogens with one attached hydrogen (secondary N) is 1. The normalized spacial score (nSPS) is 12.4. The van der Waals surface area contributed by atoms with E-state index in [-0.39, 0.29) is 11.4 Å². The zero-order chi connectivity index (χ0) is 29.7. The Hall–Kier alpha value is -3.77. The highest BCUT2D eigenvalue weighted by Gasteiger charge is 2.36. The molecule has 0 bridgehead atoms. The van der Waals surface area contributed by atoms with E-state index in [4.69, 9.17) is 16.3 Å². The Morgan fingerprint density at radius 3 is 2.30 bits per heavy atom. The number of methoxy groups -OCH3 is 1. The lowest BCUT2D eigenvalue weighted by atomic mass is 10.1. The maximum atomic E-state index is 13.7. The maximum Gasteiger partial charge on any atom is 0.417 e. The van der Waals surface area contributed by atoms with Gasteiger partial charge in [0, 0.05) is 13.6 Å². The van der Waals surface area contributed by atoms with Gasteiger partial charge in [-0.2, -0.15) is 13.2 Å². The van der Waals surface area contributed by atoms with E-state index in [2.05, 4.69) is 5.32 Å². The summed E-state index contributed by atoms with van der Waals surface area (Å²) in [5.74, 6) is -0.867. The van der Waals surface area contributed by atoms with E-state index in [0.29, 0.717) is 21.7 Å². The number of sulfonamides is 1. The van der Waals surface area contributed by atoms with Crippen LogP contribution in [0, 0.1) is 0 Å². The fraction of sp³-hybridized carbons (Fsp3) is 0.259. The summed E-state index contributed by atoms with van der Waals surface area (Å²) in [5.41, 5.74) is -1.12. The number of hydrogen-bond donors (Lipinski definition) is 1. The van der Waals surface area contributed by atoms with Gasteiger partial charge in [0.25, 0.3) is 10.0 Å². The molecule has 0 aliphatic carbocycles. The number of ether oxygens (including phenoxy) is 1. The van der Waals surface area contributed by atoms with Gasteiger partial charge in [-0.25, -0.2) is 8.42 Å². The van der Waals surface area contributed by atoms with Crippen LogP contribution < -0.4 is 14.4 Å². The van der Waals surface area contributed by atoms with Crippen molar-refractivity contribution in [3.8, 4) is 5.75 Å². The number of hydrogen-bond acceptors (Lipinski definition) is 5. The molecule has 214 valence electrons. The molecule has 13 heteroatoms. The minimum atomic E-state index is -4.88. The largest absolute Gasteiger partial charge is 0.497 e. The van der Waals surface area contributed by atoms with Gasteiger partial charge in [-0.05, 0) is 55.0 Å². The van der Waals surface area contributed by atoms with Crippen LogP contribution in [0.1, 0.15) is 18.1 Å². The van der Waals surface area contributed by atoms with Crippen LogP contribution in [0.5, 0.6) is 5.75 Å². The zero-order valence-electron chi connectivity index (χ0n) is 21.8. The van der Waals surface area contributed by atoms with Crippen molar-refractivity contribution in [3.05, 3.63) is 88.9 Å². The number of likely N-dealkylation sites (N-methyl/N-ethyl adjacent to an activating group) is 1. The molecule has 0 aliphatic heterocycles. The number of alkyl halides is 3. The molecular formula is C27H27ClF3N3O5S. The van der Waals surface area contributed by atoms with Crippen LogP contribution in [-0.4, -0.2) is 51.9 Å². The first kappa shape index (κ1) is 30.8. The summed E-state index contributed by atoms with van der Waals surface area (Å²) in [7, 11) is -1.70. The lowest BCUT2D eigenvalue weighted by Gasteiger charge is -2.32. The molecule has 40 heavy (non-hydrogen) atoms. The van der Waals surface area contributed by atoms with E-state index in [9.17, 15) is 31.2 Å². The molecule has 0 spiro atoms. The van der Waals surface area contributed by atoms with Crippen molar-refractivity contribution < 1.29 is 35.9 Å². The van der Waals surface area contributed by atoms with Gasteiger partial charge in [-0.15, -0.1) is 0 Å². The predicted octanol–water partition coefficient (Wildman–Crippen LogP) is 4.73. The minimum Gasteiger partial charge on any atom is -0.497 e. The van der Waals surface area contributed by atoms with Crippen LogP contribution in [0.25, 0.3) is 0 Å². The van der Waals surface area contributed by atoms with Crippen molar-refractivity contribution in [2.24, 2.45) is 0 Å². The third-order valence-electron chi connectivity index (χ3n) is 6.05. The Morgan fingerprint density at radius 1 is 1.02 bits per heavy atom. The van der Waals surface area contributed by atoms with Crippen LogP contribution in [0.15, 0.2) is 77.7 Å². The highest BCUT2D eigenvalue weighted by atomic mass is 35.5. The summed E-state index contributed by atoms with van der Waals surface area (Å²) in [5, 5.41) is 1.82. The molecule has 0 radical (unpaired) electrons. The summed E-state index contributed by atoms with van der Waals surface area (Å²) < 4.78 is 74.1. The van der Waals surface area contributed by atoms with Gasteiger partial charge >= 0.3 is 6.18 Å². The topological polar surface area (TPSA) is 96.0 Å². The number of nitrogens with zero attached hydrogens (tertiary/aromatic N) is 2. The second kappa shape index (κ2) is 12.6. The molecular weight excluding hydrogens is 571 g/mol. The molecule has 3 rings (SSSR count). The van der Waals surface area contributed by atoms with E-state index < -0.39 is 56.9 Å². The number of anilines is 1. The number of carbonyl (C=O) groups is 2.